The lowest BCUT2D eigenvalue weighted by atomic mass is 9.88. The minimum absolute atomic E-state index is 0.0200. The molecule has 170 valence electrons. The predicted octanol–water partition coefficient (Wildman–Crippen LogP) is 5.66. The number of aromatic nitrogens is 2. The monoisotopic (exact) mass is 493 g/mol. The Kier molecular flexibility index (Phi) is 6.49. The number of nitrogens with zero attached hydrogens (tertiary/aromatic N) is 3. The number of hydrogen-bond acceptors (Lipinski definition) is 5. The molecule has 1 saturated heterocycles. The van der Waals surface area contributed by atoms with Crippen LogP contribution in [0.5, 0.6) is 5.75 Å². The molecule has 1 unspecified atom stereocenters. The van der Waals surface area contributed by atoms with Gasteiger partial charge in [-0.25, -0.2) is 9.48 Å². The molecule has 1 aliphatic heterocycles. The largest absolute Gasteiger partial charge is 0.489 e. The number of fused-ring (bicyclic) bond motifs is 1. The molecule has 0 bridgehead atoms. The van der Waals surface area contributed by atoms with Gasteiger partial charge in [-0.05, 0) is 59.1 Å². The van der Waals surface area contributed by atoms with Crippen LogP contribution in [0.1, 0.15) is 66.0 Å². The van der Waals surface area contributed by atoms with Crippen LogP contribution in [0.25, 0.3) is 10.9 Å². The van der Waals surface area contributed by atoms with Crippen molar-refractivity contribution in [2.45, 2.75) is 83.8 Å². The third-order valence-electron chi connectivity index (χ3n) is 5.84. The molecule has 31 heavy (non-hydrogen) atoms. The first-order chi connectivity index (χ1) is 14.7. The molecular weight excluding hydrogens is 462 g/mol. The van der Waals surface area contributed by atoms with Gasteiger partial charge < -0.3 is 19.1 Å². The highest BCUT2D eigenvalue weighted by Gasteiger charge is 2.38. The third kappa shape index (κ3) is 5.00. The first-order valence-corrected chi connectivity index (χ1v) is 12.0. The summed E-state index contributed by atoms with van der Waals surface area (Å²) in [5.41, 5.74) is 0.518. The smallest absolute Gasteiger partial charge is 0.410 e. The van der Waals surface area contributed by atoms with E-state index in [1.54, 1.807) is 4.90 Å². The highest BCUT2D eigenvalue weighted by atomic mass is 79.9. The van der Waals surface area contributed by atoms with Crippen LogP contribution >= 0.6 is 15.9 Å². The zero-order chi connectivity index (χ0) is 22.2. The van der Waals surface area contributed by atoms with Crippen molar-refractivity contribution in [3.8, 4) is 5.75 Å². The van der Waals surface area contributed by atoms with E-state index in [0.717, 1.165) is 59.8 Å². The van der Waals surface area contributed by atoms with Crippen LogP contribution in [0.3, 0.4) is 0 Å². The molecule has 1 aromatic heterocycles. The molecule has 1 amide bonds. The lowest BCUT2D eigenvalue weighted by Crippen LogP contribution is -2.52. The van der Waals surface area contributed by atoms with E-state index in [1.165, 1.54) is 0 Å². The number of hydrogen-bond donors (Lipinski definition) is 0. The summed E-state index contributed by atoms with van der Waals surface area (Å²) in [4.78, 5) is 14.3. The molecule has 1 atom stereocenters. The Bertz CT molecular complexity index is 927. The molecule has 0 N–H and O–H groups in total. The molecule has 1 saturated carbocycles. The van der Waals surface area contributed by atoms with Gasteiger partial charge in [0.05, 0.1) is 17.1 Å². The average Bonchev–Trinajstić information content (AvgIpc) is 3.09. The van der Waals surface area contributed by atoms with Crippen molar-refractivity contribution in [3.63, 3.8) is 0 Å². The van der Waals surface area contributed by atoms with Crippen LogP contribution in [0.4, 0.5) is 4.79 Å². The van der Waals surface area contributed by atoms with Gasteiger partial charge >= 0.3 is 6.09 Å². The molecule has 8 heteroatoms. The van der Waals surface area contributed by atoms with Crippen molar-refractivity contribution in [2.75, 3.05) is 13.2 Å². The summed E-state index contributed by atoms with van der Waals surface area (Å²) >= 11 is 3.62. The second kappa shape index (κ2) is 8.98. The summed E-state index contributed by atoms with van der Waals surface area (Å²) in [6, 6.07) is 4.21. The average molecular weight is 494 g/mol. The Hall–Kier alpha value is -1.80. The number of amides is 1. The van der Waals surface area contributed by atoms with Crippen molar-refractivity contribution < 1.29 is 19.0 Å². The van der Waals surface area contributed by atoms with Crippen LogP contribution in [-0.4, -0.2) is 51.7 Å². The Morgan fingerprint density at radius 2 is 2.10 bits per heavy atom. The van der Waals surface area contributed by atoms with E-state index in [1.807, 2.05) is 44.6 Å². The quantitative estimate of drug-likeness (QED) is 0.536. The van der Waals surface area contributed by atoms with E-state index in [-0.39, 0.29) is 24.5 Å². The van der Waals surface area contributed by atoms with Crippen LogP contribution in [0.2, 0.25) is 0 Å². The van der Waals surface area contributed by atoms with Gasteiger partial charge in [0, 0.05) is 36.5 Å². The third-order valence-corrected chi connectivity index (χ3v) is 6.30. The highest BCUT2D eigenvalue weighted by Crippen LogP contribution is 2.37. The minimum atomic E-state index is -0.492. The van der Waals surface area contributed by atoms with Crippen LogP contribution in [0.15, 0.2) is 22.8 Å². The topological polar surface area (TPSA) is 65.8 Å². The van der Waals surface area contributed by atoms with Gasteiger partial charge in [0.15, 0.2) is 6.23 Å². The van der Waals surface area contributed by atoms with Crippen LogP contribution < -0.4 is 4.74 Å². The van der Waals surface area contributed by atoms with Gasteiger partial charge in [-0.1, -0.05) is 15.9 Å². The van der Waals surface area contributed by atoms with Crippen molar-refractivity contribution in [1.29, 1.82) is 0 Å². The van der Waals surface area contributed by atoms with Crippen molar-refractivity contribution in [2.24, 2.45) is 0 Å². The number of ether oxygens (including phenoxy) is 3. The normalized spacial score (nSPS) is 24.0. The Morgan fingerprint density at radius 3 is 2.74 bits per heavy atom. The maximum absolute atomic E-state index is 12.5. The minimum Gasteiger partial charge on any atom is -0.489 e. The first-order valence-electron chi connectivity index (χ1n) is 11.2. The molecular formula is C23H32BrN3O4. The number of benzene rings is 1. The van der Waals surface area contributed by atoms with Gasteiger partial charge in [-0.2, -0.15) is 5.10 Å². The maximum atomic E-state index is 12.5. The van der Waals surface area contributed by atoms with E-state index < -0.39 is 5.60 Å². The van der Waals surface area contributed by atoms with Crippen molar-refractivity contribution >= 4 is 32.9 Å². The molecule has 7 nitrogen and oxygen atoms in total. The molecule has 2 aliphatic rings. The zero-order valence-electron chi connectivity index (χ0n) is 18.8. The fourth-order valence-electron chi connectivity index (χ4n) is 4.25. The summed E-state index contributed by atoms with van der Waals surface area (Å²) in [6.07, 6.45) is 6.47. The van der Waals surface area contributed by atoms with Crippen molar-refractivity contribution in [1.82, 2.24) is 14.7 Å². The van der Waals surface area contributed by atoms with Gasteiger partial charge in [-0.3, -0.25) is 0 Å². The summed E-state index contributed by atoms with van der Waals surface area (Å²) < 4.78 is 20.7. The summed E-state index contributed by atoms with van der Waals surface area (Å²) in [5.74, 6) is 0.815. The lowest BCUT2D eigenvalue weighted by Gasteiger charge is -2.42. The molecule has 0 spiro atoms. The van der Waals surface area contributed by atoms with Gasteiger partial charge in [0.2, 0.25) is 0 Å². The van der Waals surface area contributed by atoms with E-state index in [4.69, 9.17) is 14.2 Å². The molecule has 2 heterocycles. The molecule has 2 fully saturated rings. The summed E-state index contributed by atoms with van der Waals surface area (Å²) in [7, 11) is 0. The van der Waals surface area contributed by atoms with E-state index in [0.29, 0.717) is 6.54 Å². The number of halogens is 1. The Morgan fingerprint density at radius 1 is 1.32 bits per heavy atom. The Labute approximate surface area is 192 Å². The Balaban J connectivity index is 1.44. The maximum Gasteiger partial charge on any atom is 0.410 e. The van der Waals surface area contributed by atoms with E-state index >= 15 is 0 Å². The molecule has 2 aromatic rings. The van der Waals surface area contributed by atoms with Crippen LogP contribution in [0, 0.1) is 0 Å². The molecule has 4 rings (SSSR count). The van der Waals surface area contributed by atoms with Gasteiger partial charge in [0.1, 0.15) is 17.5 Å². The molecule has 1 aliphatic carbocycles. The second-order valence-corrected chi connectivity index (χ2v) is 10.3. The second-order valence-electron chi connectivity index (χ2n) is 9.38. The van der Waals surface area contributed by atoms with Gasteiger partial charge in [-0.15, -0.1) is 0 Å². The number of carbonyl (C=O) groups excluding carboxylic acids is 1. The number of rotatable bonds is 5. The zero-order valence-corrected chi connectivity index (χ0v) is 20.4. The van der Waals surface area contributed by atoms with Crippen LogP contribution in [-0.2, 0) is 9.47 Å². The summed E-state index contributed by atoms with van der Waals surface area (Å²) in [6.45, 7) is 9.06. The fourth-order valence-corrected chi connectivity index (χ4v) is 4.67. The van der Waals surface area contributed by atoms with E-state index in [2.05, 4.69) is 27.1 Å². The molecule has 0 radical (unpaired) electrons. The number of carbonyl (C=O) groups is 1. The predicted molar refractivity (Wildman–Crippen MR) is 122 cm³/mol. The summed E-state index contributed by atoms with van der Waals surface area (Å²) in [5, 5.41) is 5.59. The standard InChI is InChI=1S/C23H32BrN3O4/c1-5-26(22(28)31-23(2,3)4)16-12-17(13-16)30-20-11-15(24)10-19-18(20)14-25-27(19)21-8-6-7-9-29-21/h10-11,14,16-17,21H,5-9,12-13H2,1-4H3/t16-,17+,21?. The fraction of sp³-hybridized carbons (Fsp3) is 0.652. The highest BCUT2D eigenvalue weighted by molar-refractivity contribution is 9.10. The molecule has 1 aromatic carbocycles. The first kappa shape index (κ1) is 22.4. The van der Waals surface area contributed by atoms with Gasteiger partial charge in [0.25, 0.3) is 0 Å². The van der Waals surface area contributed by atoms with E-state index in [9.17, 15) is 4.79 Å². The lowest BCUT2D eigenvalue weighted by molar-refractivity contribution is -0.0366. The van der Waals surface area contributed by atoms with Crippen molar-refractivity contribution in [3.05, 3.63) is 22.8 Å². The SMILES string of the molecule is CCN(C(=O)OC(C)(C)C)[C@H]1C[C@@H](Oc2cc(Br)cc3c2cnn3C2CCCCO2)C1.